The third-order valence-electron chi connectivity index (χ3n) is 4.79. The molecule has 2 aromatic carbocycles. The van der Waals surface area contributed by atoms with Crippen LogP contribution in [0, 0.1) is 0 Å². The van der Waals surface area contributed by atoms with Crippen molar-refractivity contribution in [3.63, 3.8) is 0 Å². The Morgan fingerprint density at radius 1 is 1.15 bits per heavy atom. The van der Waals surface area contributed by atoms with Gasteiger partial charge in [0, 0.05) is 16.8 Å². The van der Waals surface area contributed by atoms with Crippen LogP contribution >= 0.6 is 0 Å². The van der Waals surface area contributed by atoms with E-state index < -0.39 is 11.5 Å². The van der Waals surface area contributed by atoms with Crippen LogP contribution in [0.25, 0.3) is 0 Å². The number of amides is 1. The molecule has 1 unspecified atom stereocenters. The summed E-state index contributed by atoms with van der Waals surface area (Å²) >= 11 is 0. The van der Waals surface area contributed by atoms with Crippen molar-refractivity contribution in [1.82, 2.24) is 0 Å². The van der Waals surface area contributed by atoms with Gasteiger partial charge in [-0.1, -0.05) is 45.0 Å². The second-order valence-electron chi connectivity index (χ2n) is 7.65. The van der Waals surface area contributed by atoms with Crippen molar-refractivity contribution in [3.8, 4) is 5.75 Å². The molecule has 0 saturated heterocycles. The second kappa shape index (κ2) is 6.25. The van der Waals surface area contributed by atoms with Gasteiger partial charge in [0.15, 0.2) is 11.4 Å². The number of rotatable bonds is 4. The summed E-state index contributed by atoms with van der Waals surface area (Å²) in [5.41, 5.74) is 0.525. The first-order valence-electron chi connectivity index (χ1n) is 8.51. The van der Waals surface area contributed by atoms with Crippen molar-refractivity contribution in [2.45, 2.75) is 38.2 Å². The Morgan fingerprint density at radius 2 is 1.81 bits per heavy atom. The van der Waals surface area contributed by atoms with E-state index in [2.05, 4.69) is 26.1 Å². The number of anilines is 1. The van der Waals surface area contributed by atoms with E-state index in [4.69, 9.17) is 4.74 Å². The van der Waals surface area contributed by atoms with Crippen LogP contribution in [-0.4, -0.2) is 23.9 Å². The van der Waals surface area contributed by atoms with Gasteiger partial charge in [0.1, 0.15) is 5.75 Å². The maximum atomic E-state index is 12.7. The first-order chi connectivity index (χ1) is 12.1. The minimum absolute atomic E-state index is 0.0133. The SMILES string of the molecule is COc1ccc2c(c1)C(O)(CC(=O)c1ccc(C(C)(C)C)cc1)C(=O)N2. The number of Topliss-reactive ketones (excluding diaryl/α,β-unsaturated/α-hetero) is 1. The Balaban J connectivity index is 1.89. The standard InChI is InChI=1S/C21H23NO4/c1-20(2,3)14-7-5-13(6-8-14)18(23)12-21(25)16-11-15(26-4)9-10-17(16)22-19(21)24/h5-11,25H,12H2,1-4H3,(H,22,24). The van der Waals surface area contributed by atoms with Gasteiger partial charge in [-0.25, -0.2) is 0 Å². The number of methoxy groups -OCH3 is 1. The van der Waals surface area contributed by atoms with Crippen LogP contribution in [0.3, 0.4) is 0 Å². The molecule has 5 heteroatoms. The summed E-state index contributed by atoms with van der Waals surface area (Å²) in [4.78, 5) is 25.1. The Labute approximate surface area is 153 Å². The summed E-state index contributed by atoms with van der Waals surface area (Å²) in [6, 6.07) is 12.2. The Hall–Kier alpha value is -2.66. The normalized spacial score (nSPS) is 19.0. The molecule has 0 bridgehead atoms. The number of aliphatic hydroxyl groups is 1. The molecule has 1 heterocycles. The highest BCUT2D eigenvalue weighted by molar-refractivity contribution is 6.09. The van der Waals surface area contributed by atoms with E-state index in [1.807, 2.05) is 12.1 Å². The maximum Gasteiger partial charge on any atom is 0.261 e. The largest absolute Gasteiger partial charge is 0.497 e. The smallest absolute Gasteiger partial charge is 0.261 e. The van der Waals surface area contributed by atoms with Crippen molar-refractivity contribution >= 4 is 17.4 Å². The number of benzene rings is 2. The molecule has 1 amide bonds. The van der Waals surface area contributed by atoms with Crippen molar-refractivity contribution in [3.05, 3.63) is 59.2 Å². The first-order valence-corrected chi connectivity index (χ1v) is 8.51. The predicted molar refractivity (Wildman–Crippen MR) is 99.6 cm³/mol. The van der Waals surface area contributed by atoms with Crippen molar-refractivity contribution < 1.29 is 19.4 Å². The molecule has 3 rings (SSSR count). The molecular formula is C21H23NO4. The summed E-state index contributed by atoms with van der Waals surface area (Å²) in [5, 5.41) is 13.6. The highest BCUT2D eigenvalue weighted by atomic mass is 16.5. The van der Waals surface area contributed by atoms with Gasteiger partial charge in [-0.2, -0.15) is 0 Å². The van der Waals surface area contributed by atoms with Crippen molar-refractivity contribution in [2.24, 2.45) is 0 Å². The zero-order valence-corrected chi connectivity index (χ0v) is 15.4. The number of carbonyl (C=O) groups is 2. The fourth-order valence-electron chi connectivity index (χ4n) is 3.12. The molecule has 5 nitrogen and oxygen atoms in total. The number of fused-ring (bicyclic) bond motifs is 1. The van der Waals surface area contributed by atoms with Gasteiger partial charge in [-0.3, -0.25) is 9.59 Å². The summed E-state index contributed by atoms with van der Waals surface area (Å²) < 4.78 is 5.17. The highest BCUT2D eigenvalue weighted by Gasteiger charge is 2.47. The molecule has 0 aliphatic carbocycles. The molecule has 1 aliphatic heterocycles. The Kier molecular flexibility index (Phi) is 4.36. The van der Waals surface area contributed by atoms with E-state index in [1.54, 1.807) is 30.3 Å². The molecule has 1 aliphatic rings. The van der Waals surface area contributed by atoms with Crippen LogP contribution in [-0.2, 0) is 15.8 Å². The van der Waals surface area contributed by atoms with E-state index in [9.17, 15) is 14.7 Å². The average Bonchev–Trinajstić information content (AvgIpc) is 2.84. The lowest BCUT2D eigenvalue weighted by molar-refractivity contribution is -0.133. The molecule has 0 spiro atoms. The van der Waals surface area contributed by atoms with Crippen LogP contribution in [0.1, 0.15) is 48.7 Å². The lowest BCUT2D eigenvalue weighted by Gasteiger charge is -2.21. The maximum absolute atomic E-state index is 12.7. The second-order valence-corrected chi connectivity index (χ2v) is 7.65. The minimum atomic E-state index is -1.90. The molecule has 0 radical (unpaired) electrons. The molecule has 0 saturated carbocycles. The molecule has 1 atom stereocenters. The van der Waals surface area contributed by atoms with Crippen LogP contribution in [0.2, 0.25) is 0 Å². The number of hydrogen-bond donors (Lipinski definition) is 2. The average molecular weight is 353 g/mol. The van der Waals surface area contributed by atoms with E-state index in [0.29, 0.717) is 22.6 Å². The lowest BCUT2D eigenvalue weighted by Crippen LogP contribution is -2.36. The first kappa shape index (κ1) is 18.1. The number of ether oxygens (including phenoxy) is 1. The van der Waals surface area contributed by atoms with Crippen LogP contribution in [0.4, 0.5) is 5.69 Å². The van der Waals surface area contributed by atoms with E-state index >= 15 is 0 Å². The third kappa shape index (κ3) is 3.10. The zero-order valence-electron chi connectivity index (χ0n) is 15.4. The minimum Gasteiger partial charge on any atom is -0.497 e. The van der Waals surface area contributed by atoms with Gasteiger partial charge in [0.05, 0.1) is 13.5 Å². The molecule has 26 heavy (non-hydrogen) atoms. The van der Waals surface area contributed by atoms with Gasteiger partial charge < -0.3 is 15.2 Å². The quantitative estimate of drug-likeness (QED) is 0.826. The van der Waals surface area contributed by atoms with E-state index in [1.165, 1.54) is 7.11 Å². The summed E-state index contributed by atoms with van der Waals surface area (Å²) in [7, 11) is 1.51. The fraction of sp³-hybridized carbons (Fsp3) is 0.333. The number of ketones is 1. The molecule has 0 fully saturated rings. The zero-order chi connectivity index (χ0) is 19.1. The van der Waals surface area contributed by atoms with Crippen LogP contribution in [0.5, 0.6) is 5.75 Å². The van der Waals surface area contributed by atoms with Crippen LogP contribution in [0.15, 0.2) is 42.5 Å². The monoisotopic (exact) mass is 353 g/mol. The lowest BCUT2D eigenvalue weighted by atomic mass is 9.85. The van der Waals surface area contributed by atoms with Crippen molar-refractivity contribution in [2.75, 3.05) is 12.4 Å². The van der Waals surface area contributed by atoms with E-state index in [0.717, 1.165) is 5.56 Å². The Morgan fingerprint density at radius 3 is 2.38 bits per heavy atom. The van der Waals surface area contributed by atoms with Gasteiger partial charge in [-0.05, 0) is 29.2 Å². The molecule has 2 aromatic rings. The van der Waals surface area contributed by atoms with Crippen molar-refractivity contribution in [1.29, 1.82) is 0 Å². The summed E-state index contributed by atoms with van der Waals surface area (Å²) in [6.07, 6.45) is -0.326. The Bertz CT molecular complexity index is 865. The number of hydrogen-bond acceptors (Lipinski definition) is 4. The van der Waals surface area contributed by atoms with Gasteiger partial charge in [-0.15, -0.1) is 0 Å². The molecular weight excluding hydrogens is 330 g/mol. The molecule has 136 valence electrons. The van der Waals surface area contributed by atoms with Gasteiger partial charge in [0.25, 0.3) is 5.91 Å². The van der Waals surface area contributed by atoms with Crippen LogP contribution < -0.4 is 10.1 Å². The fourth-order valence-corrected chi connectivity index (χ4v) is 3.12. The van der Waals surface area contributed by atoms with Gasteiger partial charge in [0.2, 0.25) is 0 Å². The highest BCUT2D eigenvalue weighted by Crippen LogP contribution is 2.41. The number of nitrogens with one attached hydrogen (secondary N) is 1. The predicted octanol–water partition coefficient (Wildman–Crippen LogP) is 3.41. The summed E-state index contributed by atoms with van der Waals surface area (Å²) in [5.74, 6) is -0.375. The summed E-state index contributed by atoms with van der Waals surface area (Å²) in [6.45, 7) is 6.29. The topological polar surface area (TPSA) is 75.6 Å². The molecule has 0 aromatic heterocycles. The van der Waals surface area contributed by atoms with E-state index in [-0.39, 0.29) is 17.6 Å². The molecule has 2 N–H and O–H groups in total. The van der Waals surface area contributed by atoms with Gasteiger partial charge >= 0.3 is 0 Å². The number of carbonyl (C=O) groups excluding carboxylic acids is 2. The third-order valence-corrected chi connectivity index (χ3v) is 4.79.